The molecule has 0 aliphatic carbocycles. The third-order valence-corrected chi connectivity index (χ3v) is 5.19. The molecule has 0 radical (unpaired) electrons. The second-order valence-corrected chi connectivity index (χ2v) is 6.49. The van der Waals surface area contributed by atoms with E-state index in [1.54, 1.807) is 11.3 Å². The van der Waals surface area contributed by atoms with E-state index in [4.69, 9.17) is 0 Å². The SMILES string of the molecule is Cc1nc(CC(=O)C2CCCS2)sc1C. The van der Waals surface area contributed by atoms with Crippen LogP contribution < -0.4 is 0 Å². The predicted molar refractivity (Wildman–Crippen MR) is 65.8 cm³/mol. The first-order chi connectivity index (χ1) is 7.16. The predicted octanol–water partition coefficient (Wildman–Crippen LogP) is 2.77. The maximum Gasteiger partial charge on any atom is 0.152 e. The number of hydrogen-bond acceptors (Lipinski definition) is 4. The number of ketones is 1. The summed E-state index contributed by atoms with van der Waals surface area (Å²) in [5.74, 6) is 1.51. The number of nitrogens with zero attached hydrogens (tertiary/aromatic N) is 1. The Balaban J connectivity index is 1.99. The summed E-state index contributed by atoms with van der Waals surface area (Å²) in [5, 5.41) is 1.23. The molecule has 0 bridgehead atoms. The fourth-order valence-corrected chi connectivity index (χ4v) is 3.87. The lowest BCUT2D eigenvalue weighted by Crippen LogP contribution is -2.16. The van der Waals surface area contributed by atoms with Gasteiger partial charge in [0.25, 0.3) is 0 Å². The minimum absolute atomic E-state index is 0.245. The summed E-state index contributed by atoms with van der Waals surface area (Å²) in [6.45, 7) is 4.06. The van der Waals surface area contributed by atoms with Crippen LogP contribution in [0, 0.1) is 13.8 Å². The lowest BCUT2D eigenvalue weighted by atomic mass is 10.1. The first-order valence-corrected chi connectivity index (χ1v) is 7.10. The van der Waals surface area contributed by atoms with Gasteiger partial charge in [-0.1, -0.05) is 0 Å². The molecule has 0 aromatic carbocycles. The van der Waals surface area contributed by atoms with Crippen molar-refractivity contribution in [1.82, 2.24) is 4.98 Å². The highest BCUT2D eigenvalue weighted by atomic mass is 32.2. The molecule has 1 saturated heterocycles. The van der Waals surface area contributed by atoms with Crippen molar-refractivity contribution in [3.05, 3.63) is 15.6 Å². The second-order valence-electron chi connectivity index (χ2n) is 3.89. The first-order valence-electron chi connectivity index (χ1n) is 5.24. The molecule has 0 N–H and O–H groups in total. The molecule has 2 rings (SSSR count). The summed E-state index contributed by atoms with van der Waals surface area (Å²) in [5.41, 5.74) is 1.07. The van der Waals surface area contributed by atoms with Crippen LogP contribution in [-0.4, -0.2) is 21.8 Å². The molecule has 1 aliphatic heterocycles. The molecule has 2 nitrogen and oxygen atoms in total. The van der Waals surface area contributed by atoms with E-state index < -0.39 is 0 Å². The van der Waals surface area contributed by atoms with Gasteiger partial charge in [-0.05, 0) is 32.4 Å². The van der Waals surface area contributed by atoms with Gasteiger partial charge < -0.3 is 0 Å². The third kappa shape index (κ3) is 2.61. The van der Waals surface area contributed by atoms with Crippen molar-refractivity contribution in [2.45, 2.75) is 38.4 Å². The number of aromatic nitrogens is 1. The van der Waals surface area contributed by atoms with Crippen LogP contribution in [0.4, 0.5) is 0 Å². The van der Waals surface area contributed by atoms with Gasteiger partial charge in [0, 0.05) is 4.88 Å². The van der Waals surface area contributed by atoms with E-state index in [-0.39, 0.29) is 5.25 Å². The normalized spacial score (nSPS) is 20.8. The average Bonchev–Trinajstić information content (AvgIpc) is 2.77. The Kier molecular flexibility index (Phi) is 3.46. The van der Waals surface area contributed by atoms with Crippen molar-refractivity contribution in [2.75, 3.05) is 5.75 Å². The fraction of sp³-hybridized carbons (Fsp3) is 0.636. The van der Waals surface area contributed by atoms with E-state index in [9.17, 15) is 4.79 Å². The van der Waals surface area contributed by atoms with Crippen LogP contribution >= 0.6 is 23.1 Å². The molecule has 1 aromatic rings. The fourth-order valence-electron chi connectivity index (χ4n) is 1.71. The molecule has 1 atom stereocenters. The third-order valence-electron chi connectivity index (χ3n) is 2.69. The van der Waals surface area contributed by atoms with Crippen molar-refractivity contribution in [3.8, 4) is 0 Å². The van der Waals surface area contributed by atoms with Crippen molar-refractivity contribution < 1.29 is 4.79 Å². The van der Waals surface area contributed by atoms with Gasteiger partial charge in [0.05, 0.1) is 17.4 Å². The highest BCUT2D eigenvalue weighted by molar-refractivity contribution is 8.00. The van der Waals surface area contributed by atoms with Crippen LogP contribution in [0.3, 0.4) is 0 Å². The summed E-state index contributed by atoms with van der Waals surface area (Å²) in [4.78, 5) is 17.5. The number of Topliss-reactive ketones (excluding diaryl/α,β-unsaturated/α-hetero) is 1. The Morgan fingerprint density at radius 1 is 1.53 bits per heavy atom. The average molecular weight is 241 g/mol. The van der Waals surface area contributed by atoms with Crippen LogP contribution in [0.25, 0.3) is 0 Å². The van der Waals surface area contributed by atoms with Gasteiger partial charge in [0.1, 0.15) is 5.01 Å². The smallest absolute Gasteiger partial charge is 0.152 e. The minimum atomic E-state index is 0.245. The van der Waals surface area contributed by atoms with Crippen molar-refractivity contribution in [3.63, 3.8) is 0 Å². The molecule has 1 unspecified atom stereocenters. The van der Waals surface area contributed by atoms with Crippen LogP contribution in [0.1, 0.15) is 28.4 Å². The number of rotatable bonds is 3. The summed E-state index contributed by atoms with van der Waals surface area (Å²) in [6, 6.07) is 0. The zero-order chi connectivity index (χ0) is 10.8. The molecule has 0 spiro atoms. The van der Waals surface area contributed by atoms with Gasteiger partial charge in [0.2, 0.25) is 0 Å². The summed E-state index contributed by atoms with van der Waals surface area (Å²) >= 11 is 3.47. The molecule has 1 aliphatic rings. The van der Waals surface area contributed by atoms with Crippen LogP contribution in [0.5, 0.6) is 0 Å². The topological polar surface area (TPSA) is 30.0 Å². The second kappa shape index (κ2) is 4.66. The summed E-state index contributed by atoms with van der Waals surface area (Å²) in [7, 11) is 0. The number of carbonyl (C=O) groups excluding carboxylic acids is 1. The molecule has 2 heterocycles. The zero-order valence-corrected chi connectivity index (χ0v) is 10.7. The van der Waals surface area contributed by atoms with E-state index in [2.05, 4.69) is 11.9 Å². The largest absolute Gasteiger partial charge is 0.298 e. The first kappa shape index (κ1) is 11.1. The highest BCUT2D eigenvalue weighted by Crippen LogP contribution is 2.28. The standard InChI is InChI=1S/C11H15NOS2/c1-7-8(2)15-11(12-7)6-9(13)10-4-3-5-14-10/h10H,3-6H2,1-2H3. The van der Waals surface area contributed by atoms with Crippen LogP contribution in [-0.2, 0) is 11.2 Å². The molecule has 0 amide bonds. The van der Waals surface area contributed by atoms with E-state index in [1.165, 1.54) is 11.3 Å². The quantitative estimate of drug-likeness (QED) is 0.815. The Bertz CT molecular complexity index is 347. The van der Waals surface area contributed by atoms with Crippen molar-refractivity contribution >= 4 is 28.9 Å². The van der Waals surface area contributed by atoms with Gasteiger partial charge in [-0.3, -0.25) is 4.79 Å². The van der Waals surface area contributed by atoms with Gasteiger partial charge in [-0.2, -0.15) is 11.8 Å². The number of carbonyl (C=O) groups is 1. The maximum absolute atomic E-state index is 11.9. The Labute approximate surface area is 98.5 Å². The van der Waals surface area contributed by atoms with Crippen LogP contribution in [0.15, 0.2) is 0 Å². The minimum Gasteiger partial charge on any atom is -0.298 e. The molecule has 82 valence electrons. The van der Waals surface area contributed by atoms with Gasteiger partial charge in [0.15, 0.2) is 5.78 Å². The Morgan fingerprint density at radius 3 is 2.87 bits per heavy atom. The van der Waals surface area contributed by atoms with Gasteiger partial charge in [-0.25, -0.2) is 4.98 Å². The molecule has 4 heteroatoms. The van der Waals surface area contributed by atoms with E-state index in [0.717, 1.165) is 22.9 Å². The van der Waals surface area contributed by atoms with E-state index in [1.807, 2.05) is 18.7 Å². The lowest BCUT2D eigenvalue weighted by Gasteiger charge is -2.04. The van der Waals surface area contributed by atoms with Gasteiger partial charge in [-0.15, -0.1) is 11.3 Å². The molecular formula is C11H15NOS2. The molecule has 15 heavy (non-hydrogen) atoms. The zero-order valence-electron chi connectivity index (χ0n) is 9.08. The molecule has 0 saturated carbocycles. The Hall–Kier alpha value is -0.350. The summed E-state index contributed by atoms with van der Waals surface area (Å²) < 4.78 is 0. The number of thiazole rings is 1. The van der Waals surface area contributed by atoms with Crippen LogP contribution in [0.2, 0.25) is 0 Å². The van der Waals surface area contributed by atoms with Crippen molar-refractivity contribution in [2.24, 2.45) is 0 Å². The lowest BCUT2D eigenvalue weighted by molar-refractivity contribution is -0.117. The van der Waals surface area contributed by atoms with Gasteiger partial charge >= 0.3 is 0 Å². The number of thioether (sulfide) groups is 1. The number of aryl methyl sites for hydroxylation is 2. The van der Waals surface area contributed by atoms with E-state index in [0.29, 0.717) is 12.2 Å². The highest BCUT2D eigenvalue weighted by Gasteiger charge is 2.24. The molecule has 1 aromatic heterocycles. The summed E-state index contributed by atoms with van der Waals surface area (Å²) in [6.07, 6.45) is 2.79. The van der Waals surface area contributed by atoms with Crippen molar-refractivity contribution in [1.29, 1.82) is 0 Å². The number of hydrogen-bond donors (Lipinski definition) is 0. The maximum atomic E-state index is 11.9. The monoisotopic (exact) mass is 241 g/mol. The van der Waals surface area contributed by atoms with E-state index >= 15 is 0 Å². The molecule has 1 fully saturated rings. The Morgan fingerprint density at radius 2 is 2.33 bits per heavy atom. The molecular weight excluding hydrogens is 226 g/mol.